The molecule has 104 valence electrons. The summed E-state index contributed by atoms with van der Waals surface area (Å²) in [4.78, 5) is 11.4. The Labute approximate surface area is 119 Å². The summed E-state index contributed by atoms with van der Waals surface area (Å²) in [6.45, 7) is 4.06. The second kappa shape index (κ2) is 6.29. The Bertz CT molecular complexity index is 459. The van der Waals surface area contributed by atoms with Crippen molar-refractivity contribution >= 4 is 17.5 Å². The molecular weight excluding hydrogens is 262 g/mol. The van der Waals surface area contributed by atoms with Gasteiger partial charge in [-0.2, -0.15) is 0 Å². The molecule has 0 aromatic heterocycles. The quantitative estimate of drug-likeness (QED) is 0.843. The molecule has 0 spiro atoms. The van der Waals surface area contributed by atoms with Gasteiger partial charge in [-0.1, -0.05) is 6.07 Å². The van der Waals surface area contributed by atoms with Crippen molar-refractivity contribution in [2.45, 2.75) is 44.6 Å². The molecule has 0 aliphatic heterocycles. The molecule has 4 heteroatoms. The summed E-state index contributed by atoms with van der Waals surface area (Å²) < 4.78 is 5.81. The summed E-state index contributed by atoms with van der Waals surface area (Å²) in [5.74, 6) is 0.715. The molecule has 1 aliphatic rings. The van der Waals surface area contributed by atoms with Crippen LogP contribution in [-0.4, -0.2) is 23.9 Å². The molecule has 0 radical (unpaired) electrons. The summed E-state index contributed by atoms with van der Waals surface area (Å²) in [7, 11) is 0. The second-order valence-electron chi connectivity index (χ2n) is 5.07. The van der Waals surface area contributed by atoms with Crippen LogP contribution in [0.25, 0.3) is 0 Å². The zero-order chi connectivity index (χ0) is 13.8. The number of ether oxygens (including phenoxy) is 1. The van der Waals surface area contributed by atoms with E-state index in [1.807, 2.05) is 13.0 Å². The maximum Gasteiger partial charge on any atom is 0.237 e. The lowest BCUT2D eigenvalue weighted by molar-refractivity contribution is -0.120. The van der Waals surface area contributed by atoms with Gasteiger partial charge in [0.1, 0.15) is 17.2 Å². The molecule has 0 saturated heterocycles. The minimum atomic E-state index is -0.507. The highest BCUT2D eigenvalue weighted by Gasteiger charge is 2.14. The third-order valence-corrected chi connectivity index (χ3v) is 3.53. The summed E-state index contributed by atoms with van der Waals surface area (Å²) in [6.07, 6.45) is 3.48. The molecule has 0 heterocycles. The molecule has 1 aliphatic carbocycles. The van der Waals surface area contributed by atoms with Gasteiger partial charge in [0.2, 0.25) is 5.91 Å². The van der Waals surface area contributed by atoms with Gasteiger partial charge >= 0.3 is 0 Å². The van der Waals surface area contributed by atoms with E-state index < -0.39 is 5.38 Å². The molecular formula is C15H20ClNO2. The number of halogens is 1. The molecule has 0 fully saturated rings. The van der Waals surface area contributed by atoms with Crippen LogP contribution in [0.4, 0.5) is 0 Å². The third-order valence-electron chi connectivity index (χ3n) is 3.33. The Balaban J connectivity index is 1.85. The summed E-state index contributed by atoms with van der Waals surface area (Å²) in [6, 6.07) is 6.27. The third kappa shape index (κ3) is 3.87. The lowest BCUT2D eigenvalue weighted by atomic mass is 10.1. The van der Waals surface area contributed by atoms with Crippen molar-refractivity contribution in [2.75, 3.05) is 6.54 Å². The number of fused-ring (bicyclic) bond motifs is 1. The van der Waals surface area contributed by atoms with Gasteiger partial charge in [-0.3, -0.25) is 4.79 Å². The van der Waals surface area contributed by atoms with Gasteiger partial charge in [0.05, 0.1) is 6.54 Å². The van der Waals surface area contributed by atoms with E-state index in [0.29, 0.717) is 6.54 Å². The molecule has 2 rings (SSSR count). The number of carbonyl (C=O) groups is 1. The number of nitrogens with one attached hydrogen (secondary N) is 1. The number of benzene rings is 1. The SMILES string of the molecule is CC(CNC(=O)C(C)Cl)Oc1ccc2c(c1)CCC2. The molecule has 1 N–H and O–H groups in total. The molecule has 2 atom stereocenters. The van der Waals surface area contributed by atoms with E-state index in [1.54, 1.807) is 6.92 Å². The van der Waals surface area contributed by atoms with Crippen molar-refractivity contribution in [1.29, 1.82) is 0 Å². The maximum atomic E-state index is 11.4. The van der Waals surface area contributed by atoms with Crippen LogP contribution in [0.5, 0.6) is 5.75 Å². The highest BCUT2D eigenvalue weighted by Crippen LogP contribution is 2.26. The highest BCUT2D eigenvalue weighted by molar-refractivity contribution is 6.30. The minimum Gasteiger partial charge on any atom is -0.489 e. The van der Waals surface area contributed by atoms with Gasteiger partial charge in [-0.25, -0.2) is 0 Å². The largest absolute Gasteiger partial charge is 0.489 e. The Morgan fingerprint density at radius 1 is 1.37 bits per heavy atom. The van der Waals surface area contributed by atoms with Gasteiger partial charge in [-0.15, -0.1) is 11.6 Å². The fourth-order valence-corrected chi connectivity index (χ4v) is 2.36. The first-order valence-electron chi connectivity index (χ1n) is 6.76. The van der Waals surface area contributed by atoms with E-state index in [-0.39, 0.29) is 12.0 Å². The predicted octanol–water partition coefficient (Wildman–Crippen LogP) is 2.69. The molecule has 0 bridgehead atoms. The molecule has 1 amide bonds. The molecule has 1 aromatic rings. The van der Waals surface area contributed by atoms with Crippen molar-refractivity contribution in [3.05, 3.63) is 29.3 Å². The van der Waals surface area contributed by atoms with Gasteiger partial charge in [0, 0.05) is 0 Å². The first-order valence-corrected chi connectivity index (χ1v) is 7.20. The van der Waals surface area contributed by atoms with Gasteiger partial charge < -0.3 is 10.1 Å². The number of hydrogen-bond donors (Lipinski definition) is 1. The maximum absolute atomic E-state index is 11.4. The highest BCUT2D eigenvalue weighted by atomic mass is 35.5. The van der Waals surface area contributed by atoms with Crippen molar-refractivity contribution in [1.82, 2.24) is 5.32 Å². The van der Waals surface area contributed by atoms with Crippen LogP contribution in [0.1, 0.15) is 31.4 Å². The molecule has 19 heavy (non-hydrogen) atoms. The van der Waals surface area contributed by atoms with Crippen LogP contribution in [-0.2, 0) is 17.6 Å². The van der Waals surface area contributed by atoms with Crippen LogP contribution >= 0.6 is 11.6 Å². The Hall–Kier alpha value is -1.22. The minimum absolute atomic E-state index is 0.0705. The number of amides is 1. The Kier molecular flexibility index (Phi) is 4.70. The van der Waals surface area contributed by atoms with Crippen LogP contribution < -0.4 is 10.1 Å². The summed E-state index contributed by atoms with van der Waals surface area (Å²) in [5.41, 5.74) is 2.83. The summed E-state index contributed by atoms with van der Waals surface area (Å²) >= 11 is 5.68. The van der Waals surface area contributed by atoms with Crippen LogP contribution in [0.2, 0.25) is 0 Å². The average Bonchev–Trinajstić information content (AvgIpc) is 2.83. The number of alkyl halides is 1. The fourth-order valence-electron chi connectivity index (χ4n) is 2.28. The lowest BCUT2D eigenvalue weighted by Crippen LogP contribution is -2.36. The van der Waals surface area contributed by atoms with Crippen LogP contribution in [0, 0.1) is 0 Å². The van der Waals surface area contributed by atoms with E-state index in [0.717, 1.165) is 12.2 Å². The normalized spacial score (nSPS) is 16.6. The predicted molar refractivity (Wildman–Crippen MR) is 76.9 cm³/mol. The van der Waals surface area contributed by atoms with E-state index in [9.17, 15) is 4.79 Å². The zero-order valence-electron chi connectivity index (χ0n) is 11.4. The first-order chi connectivity index (χ1) is 9.06. The van der Waals surface area contributed by atoms with Crippen molar-refractivity contribution in [3.63, 3.8) is 0 Å². The molecule has 3 nitrogen and oxygen atoms in total. The van der Waals surface area contributed by atoms with Crippen molar-refractivity contribution in [2.24, 2.45) is 0 Å². The van der Waals surface area contributed by atoms with Gasteiger partial charge in [0.25, 0.3) is 0 Å². The number of aryl methyl sites for hydroxylation is 2. The zero-order valence-corrected chi connectivity index (χ0v) is 12.2. The second-order valence-corrected chi connectivity index (χ2v) is 5.73. The number of carbonyl (C=O) groups excluding carboxylic acids is 1. The van der Waals surface area contributed by atoms with Crippen LogP contribution in [0.3, 0.4) is 0 Å². The topological polar surface area (TPSA) is 38.3 Å². The molecule has 1 aromatic carbocycles. The van der Waals surface area contributed by atoms with E-state index >= 15 is 0 Å². The average molecular weight is 282 g/mol. The Morgan fingerprint density at radius 3 is 2.84 bits per heavy atom. The van der Waals surface area contributed by atoms with E-state index in [4.69, 9.17) is 16.3 Å². The first kappa shape index (κ1) is 14.2. The molecule has 0 saturated carbocycles. The van der Waals surface area contributed by atoms with Crippen molar-refractivity contribution in [3.8, 4) is 5.75 Å². The van der Waals surface area contributed by atoms with Crippen LogP contribution in [0.15, 0.2) is 18.2 Å². The van der Waals surface area contributed by atoms with Gasteiger partial charge in [0.15, 0.2) is 0 Å². The standard InChI is InChI=1S/C15H20ClNO2/c1-10(9-17-15(18)11(2)16)19-14-7-6-12-4-3-5-13(12)8-14/h6-8,10-11H,3-5,9H2,1-2H3,(H,17,18). The summed E-state index contributed by atoms with van der Waals surface area (Å²) in [5, 5.41) is 2.25. The van der Waals surface area contributed by atoms with Gasteiger partial charge in [-0.05, 0) is 56.4 Å². The van der Waals surface area contributed by atoms with E-state index in [2.05, 4.69) is 17.4 Å². The van der Waals surface area contributed by atoms with Crippen molar-refractivity contribution < 1.29 is 9.53 Å². The molecule has 2 unspecified atom stereocenters. The van der Waals surface area contributed by atoms with E-state index in [1.165, 1.54) is 24.0 Å². The number of hydrogen-bond acceptors (Lipinski definition) is 2. The monoisotopic (exact) mass is 281 g/mol. The lowest BCUT2D eigenvalue weighted by Gasteiger charge is -2.16. The smallest absolute Gasteiger partial charge is 0.237 e. The Morgan fingerprint density at radius 2 is 2.11 bits per heavy atom. The fraction of sp³-hybridized carbons (Fsp3) is 0.533. The number of rotatable bonds is 5.